The summed E-state index contributed by atoms with van der Waals surface area (Å²) in [5, 5.41) is 24.6. The van der Waals surface area contributed by atoms with Gasteiger partial charge in [-0.3, -0.25) is 9.44 Å². The van der Waals surface area contributed by atoms with Crippen LogP contribution in [0.1, 0.15) is 72.0 Å². The van der Waals surface area contributed by atoms with Crippen molar-refractivity contribution in [2.75, 3.05) is 46.4 Å². The summed E-state index contributed by atoms with van der Waals surface area (Å²) in [5.41, 5.74) is 3.26. The molecule has 0 saturated carbocycles. The minimum absolute atomic E-state index is 0.00755. The summed E-state index contributed by atoms with van der Waals surface area (Å²) in [6.45, 7) is 6.56. The fourth-order valence-corrected chi connectivity index (χ4v) is 9.13. The highest BCUT2D eigenvalue weighted by atomic mass is 35.5. The SMILES string of the molecule is CCOc1c(Cl)cc(C(C)(CC(C)(c2ccc(NCc3ccnc(NS(C)(=O)=O)n3)cc2)c2cc(Cl)c(OCCCl)c(C#N)c2)c2ccc(OCc3ccnc(NS(C)(=O)=O)n3)cc2)cc1C#N. The van der Waals surface area contributed by atoms with E-state index < -0.39 is 30.9 Å². The first-order chi connectivity index (χ1) is 32.3. The number of aromatic nitrogens is 4. The summed E-state index contributed by atoms with van der Waals surface area (Å²) in [6, 6.07) is 30.0. The Kier molecular flexibility index (Phi) is 16.3. The highest BCUT2D eigenvalue weighted by molar-refractivity contribution is 7.92. The van der Waals surface area contributed by atoms with E-state index in [1.165, 1.54) is 12.4 Å². The second kappa shape index (κ2) is 21.7. The summed E-state index contributed by atoms with van der Waals surface area (Å²) in [4.78, 5) is 16.5. The average molecular weight is 1020 g/mol. The lowest BCUT2D eigenvalue weighted by atomic mass is 9.61. The molecule has 0 aliphatic heterocycles. The fraction of sp³-hybridized carbons (Fsp3) is 0.277. The Labute approximate surface area is 410 Å². The quantitative estimate of drug-likeness (QED) is 0.0572. The number of anilines is 3. The van der Waals surface area contributed by atoms with Crippen LogP contribution in [0.2, 0.25) is 10.0 Å². The van der Waals surface area contributed by atoms with Crippen LogP contribution in [0.4, 0.5) is 17.6 Å². The Morgan fingerprint density at radius 1 is 0.662 bits per heavy atom. The van der Waals surface area contributed by atoms with Gasteiger partial charge in [-0.1, -0.05) is 61.3 Å². The van der Waals surface area contributed by atoms with Gasteiger partial charge in [-0.15, -0.1) is 11.6 Å². The molecular weight excluding hydrogens is 973 g/mol. The van der Waals surface area contributed by atoms with Gasteiger partial charge >= 0.3 is 0 Å². The Morgan fingerprint density at radius 3 is 1.63 bits per heavy atom. The van der Waals surface area contributed by atoms with E-state index in [0.717, 1.165) is 29.3 Å². The van der Waals surface area contributed by atoms with Crippen molar-refractivity contribution >= 4 is 72.4 Å². The monoisotopic (exact) mass is 1020 g/mol. The second-order valence-electron chi connectivity index (χ2n) is 15.9. The zero-order chi connectivity index (χ0) is 49.3. The molecule has 4 aromatic carbocycles. The second-order valence-corrected chi connectivity index (χ2v) is 20.6. The molecule has 0 bridgehead atoms. The molecule has 2 aromatic heterocycles. The minimum atomic E-state index is -3.60. The topological polar surface area (TPSA) is 231 Å². The fourth-order valence-electron chi connectivity index (χ4n) is 7.64. The predicted octanol–water partition coefficient (Wildman–Crippen LogP) is 8.97. The van der Waals surface area contributed by atoms with Crippen LogP contribution in [-0.2, 0) is 44.0 Å². The molecule has 354 valence electrons. The van der Waals surface area contributed by atoms with Gasteiger partial charge in [0.15, 0.2) is 11.5 Å². The average Bonchev–Trinajstić information content (AvgIpc) is 3.29. The lowest BCUT2D eigenvalue weighted by Gasteiger charge is -2.42. The van der Waals surface area contributed by atoms with E-state index in [2.05, 4.69) is 46.8 Å². The zero-order valence-electron chi connectivity index (χ0n) is 37.5. The molecule has 0 amide bonds. The van der Waals surface area contributed by atoms with Gasteiger partial charge in [-0.25, -0.2) is 36.8 Å². The third-order valence-electron chi connectivity index (χ3n) is 10.8. The van der Waals surface area contributed by atoms with Crippen molar-refractivity contribution in [2.24, 2.45) is 0 Å². The van der Waals surface area contributed by atoms with Crippen molar-refractivity contribution in [1.29, 1.82) is 10.5 Å². The molecule has 68 heavy (non-hydrogen) atoms. The number of hydrogen-bond donors (Lipinski definition) is 3. The number of alkyl halides is 1. The smallest absolute Gasteiger partial charge is 0.236 e. The van der Waals surface area contributed by atoms with Crippen molar-refractivity contribution < 1.29 is 31.0 Å². The highest BCUT2D eigenvalue weighted by Gasteiger charge is 2.42. The summed E-state index contributed by atoms with van der Waals surface area (Å²) in [7, 11) is -7.18. The van der Waals surface area contributed by atoms with Gasteiger partial charge in [-0.05, 0) is 96.3 Å². The standard InChI is InChI=1S/C47H46Cl3N9O7S2/c1-6-64-42-30(25-51)21-34(23-40(42)49)47(3,33-9-13-39(14-10-33)66-28-38-16-19-54-45(57-38)59-68(5,62)63)29-46(2,35-22-31(26-52)43(41(50)24-35)65-20-17-48)32-7-11-36(12-8-32)55-27-37-15-18-53-44(56-37)58-67(4,60)61/h7-16,18-19,21-24,55H,6,17,20,27-29H2,1-5H3,(H,53,56,58)(H,54,57,59). The van der Waals surface area contributed by atoms with Gasteiger partial charge in [0, 0.05) is 28.9 Å². The Morgan fingerprint density at radius 2 is 1.15 bits per heavy atom. The third kappa shape index (κ3) is 12.8. The predicted molar refractivity (Wildman–Crippen MR) is 263 cm³/mol. The lowest BCUT2D eigenvalue weighted by Crippen LogP contribution is -2.36. The van der Waals surface area contributed by atoms with Crippen LogP contribution in [0.3, 0.4) is 0 Å². The van der Waals surface area contributed by atoms with E-state index in [4.69, 9.17) is 49.0 Å². The number of sulfonamides is 2. The molecule has 2 atom stereocenters. The molecule has 6 rings (SSSR count). The van der Waals surface area contributed by atoms with Gasteiger partial charge in [0.05, 0.1) is 64.1 Å². The number of nitriles is 2. The molecule has 21 heteroatoms. The maximum atomic E-state index is 11.8. The molecule has 0 saturated heterocycles. The number of halogens is 3. The first-order valence-corrected chi connectivity index (χ1v) is 25.8. The molecule has 0 spiro atoms. The van der Waals surface area contributed by atoms with Crippen LogP contribution in [-0.4, -0.2) is 68.4 Å². The molecule has 0 fully saturated rings. The Bertz CT molecular complexity index is 3100. The summed E-state index contributed by atoms with van der Waals surface area (Å²) >= 11 is 19.9. The van der Waals surface area contributed by atoms with Crippen molar-refractivity contribution in [3.63, 3.8) is 0 Å². The first kappa shape index (κ1) is 51.0. The molecule has 3 N–H and O–H groups in total. The normalized spacial score (nSPS) is 13.2. The van der Waals surface area contributed by atoms with Crippen molar-refractivity contribution in [3.8, 4) is 29.4 Å². The van der Waals surface area contributed by atoms with Gasteiger partial charge in [-0.2, -0.15) is 10.5 Å². The van der Waals surface area contributed by atoms with Gasteiger partial charge < -0.3 is 19.5 Å². The number of benzene rings is 4. The third-order valence-corrected chi connectivity index (χ3v) is 12.6. The molecule has 2 unspecified atom stereocenters. The first-order valence-electron chi connectivity index (χ1n) is 20.7. The Hall–Kier alpha value is -6.41. The highest BCUT2D eigenvalue weighted by Crippen LogP contribution is 2.50. The van der Waals surface area contributed by atoms with E-state index in [1.54, 1.807) is 55.5 Å². The molecule has 16 nitrogen and oxygen atoms in total. The van der Waals surface area contributed by atoms with E-state index in [1.807, 2.05) is 50.2 Å². The van der Waals surface area contributed by atoms with Gasteiger partial charge in [0.25, 0.3) is 0 Å². The number of hydrogen-bond acceptors (Lipinski definition) is 14. The molecule has 0 aliphatic rings. The number of rotatable bonds is 21. The molecule has 6 aromatic rings. The van der Waals surface area contributed by atoms with Crippen molar-refractivity contribution in [1.82, 2.24) is 19.9 Å². The maximum absolute atomic E-state index is 11.8. The maximum Gasteiger partial charge on any atom is 0.236 e. The van der Waals surface area contributed by atoms with Gasteiger partial charge in [0.1, 0.15) is 31.1 Å². The molecule has 2 heterocycles. The van der Waals surface area contributed by atoms with E-state index in [9.17, 15) is 27.4 Å². The Balaban J connectivity index is 1.44. The van der Waals surface area contributed by atoms with Crippen LogP contribution in [0.25, 0.3) is 0 Å². The van der Waals surface area contributed by atoms with Crippen LogP contribution in [0, 0.1) is 22.7 Å². The van der Waals surface area contributed by atoms with E-state index >= 15 is 0 Å². The number of nitrogens with one attached hydrogen (secondary N) is 3. The summed E-state index contributed by atoms with van der Waals surface area (Å²) in [5.74, 6) is 1.01. The number of ether oxygens (including phenoxy) is 3. The molecule has 0 radical (unpaired) electrons. The zero-order valence-corrected chi connectivity index (χ0v) is 41.4. The van der Waals surface area contributed by atoms with Crippen LogP contribution in [0.5, 0.6) is 17.2 Å². The van der Waals surface area contributed by atoms with Gasteiger partial charge in [0.2, 0.25) is 31.9 Å². The van der Waals surface area contributed by atoms with Crippen LogP contribution in [0.15, 0.2) is 97.3 Å². The largest absolute Gasteiger partial charge is 0.491 e. The van der Waals surface area contributed by atoms with Crippen molar-refractivity contribution in [2.45, 2.75) is 51.2 Å². The lowest BCUT2D eigenvalue weighted by molar-refractivity contribution is 0.301. The van der Waals surface area contributed by atoms with Crippen LogP contribution < -0.4 is 29.0 Å². The van der Waals surface area contributed by atoms with E-state index in [-0.39, 0.29) is 76.8 Å². The number of nitrogens with zero attached hydrogens (tertiary/aromatic N) is 6. The van der Waals surface area contributed by atoms with Crippen molar-refractivity contribution in [3.05, 3.63) is 152 Å². The van der Waals surface area contributed by atoms with E-state index in [0.29, 0.717) is 34.7 Å². The molecular formula is C47H46Cl3N9O7S2. The minimum Gasteiger partial charge on any atom is -0.491 e. The summed E-state index contributed by atoms with van der Waals surface area (Å²) < 4.78 is 69.4. The summed E-state index contributed by atoms with van der Waals surface area (Å²) in [6.07, 6.45) is 5.22. The molecule has 0 aliphatic carbocycles. The van der Waals surface area contributed by atoms with Crippen LogP contribution >= 0.6 is 34.8 Å².